The summed E-state index contributed by atoms with van der Waals surface area (Å²) in [6.07, 6.45) is 4.83. The molecule has 0 amide bonds. The molecule has 0 aromatic heterocycles. The molecule has 2 rings (SSSR count). The number of rotatable bonds is 5. The van der Waals surface area contributed by atoms with Crippen molar-refractivity contribution in [2.45, 2.75) is 65.0 Å². The molecule has 2 nitrogen and oxygen atoms in total. The number of ether oxygens (including phenoxy) is 1. The van der Waals surface area contributed by atoms with E-state index in [4.69, 9.17) is 4.74 Å². The molecule has 21 heavy (non-hydrogen) atoms. The van der Waals surface area contributed by atoms with Crippen LogP contribution in [0.4, 0.5) is 0 Å². The molecule has 0 heterocycles. The molecule has 0 saturated heterocycles. The van der Waals surface area contributed by atoms with Gasteiger partial charge in [-0.1, -0.05) is 32.0 Å². The normalized spacial score (nSPS) is 27.6. The van der Waals surface area contributed by atoms with E-state index in [1.165, 1.54) is 29.5 Å². The number of likely N-dealkylation sites (N-methyl/N-ethyl adjacent to an activating group) is 1. The molecular formula is C19H31NO. The van der Waals surface area contributed by atoms with E-state index in [0.29, 0.717) is 6.04 Å². The van der Waals surface area contributed by atoms with Gasteiger partial charge in [0, 0.05) is 7.11 Å². The summed E-state index contributed by atoms with van der Waals surface area (Å²) in [6.45, 7) is 9.89. The molecule has 1 aliphatic carbocycles. The van der Waals surface area contributed by atoms with Crippen molar-refractivity contribution in [2.24, 2.45) is 5.92 Å². The van der Waals surface area contributed by atoms with Gasteiger partial charge < -0.3 is 10.1 Å². The van der Waals surface area contributed by atoms with Gasteiger partial charge in [0.25, 0.3) is 0 Å². The smallest absolute Gasteiger partial charge is 0.0872 e. The third-order valence-electron chi connectivity index (χ3n) is 5.33. The van der Waals surface area contributed by atoms with Crippen molar-refractivity contribution in [1.29, 1.82) is 0 Å². The van der Waals surface area contributed by atoms with Crippen LogP contribution in [0.3, 0.4) is 0 Å². The fourth-order valence-corrected chi connectivity index (χ4v) is 3.62. The Kier molecular flexibility index (Phi) is 5.45. The van der Waals surface area contributed by atoms with Crippen LogP contribution in [0.15, 0.2) is 18.2 Å². The van der Waals surface area contributed by atoms with Gasteiger partial charge in [0.15, 0.2) is 0 Å². The van der Waals surface area contributed by atoms with E-state index in [0.717, 1.165) is 25.3 Å². The highest BCUT2D eigenvalue weighted by Crippen LogP contribution is 2.43. The Labute approximate surface area is 130 Å². The van der Waals surface area contributed by atoms with Gasteiger partial charge in [-0.2, -0.15) is 0 Å². The lowest BCUT2D eigenvalue weighted by molar-refractivity contribution is -0.0757. The van der Waals surface area contributed by atoms with Crippen molar-refractivity contribution in [3.63, 3.8) is 0 Å². The summed E-state index contributed by atoms with van der Waals surface area (Å²) >= 11 is 0. The average Bonchev–Trinajstić information content (AvgIpc) is 2.49. The van der Waals surface area contributed by atoms with Crippen LogP contribution >= 0.6 is 0 Å². The summed E-state index contributed by atoms with van der Waals surface area (Å²) in [5, 5.41) is 3.70. The van der Waals surface area contributed by atoms with Crippen LogP contribution in [-0.4, -0.2) is 19.3 Å². The zero-order valence-electron chi connectivity index (χ0n) is 14.3. The molecule has 0 spiro atoms. The molecule has 1 atom stereocenters. The topological polar surface area (TPSA) is 21.3 Å². The Balaban J connectivity index is 2.33. The molecule has 1 aromatic carbocycles. The zero-order chi connectivity index (χ0) is 15.5. The molecule has 0 bridgehead atoms. The van der Waals surface area contributed by atoms with Crippen molar-refractivity contribution in [2.75, 3.05) is 13.7 Å². The molecule has 0 aliphatic heterocycles. The Morgan fingerprint density at radius 1 is 1.24 bits per heavy atom. The van der Waals surface area contributed by atoms with Gasteiger partial charge in [-0.3, -0.25) is 0 Å². The number of benzene rings is 1. The Morgan fingerprint density at radius 3 is 2.43 bits per heavy atom. The van der Waals surface area contributed by atoms with Gasteiger partial charge in [0.1, 0.15) is 0 Å². The first-order valence-corrected chi connectivity index (χ1v) is 8.38. The van der Waals surface area contributed by atoms with Gasteiger partial charge in [-0.25, -0.2) is 0 Å². The minimum Gasteiger partial charge on any atom is -0.376 e. The summed E-state index contributed by atoms with van der Waals surface area (Å²) in [5.41, 5.74) is 4.05. The van der Waals surface area contributed by atoms with Gasteiger partial charge in [0.05, 0.1) is 11.6 Å². The molecule has 1 saturated carbocycles. The highest BCUT2D eigenvalue weighted by Gasteiger charge is 2.41. The third-order valence-corrected chi connectivity index (χ3v) is 5.33. The number of aryl methyl sites for hydroxylation is 2. The second kappa shape index (κ2) is 6.93. The summed E-state index contributed by atoms with van der Waals surface area (Å²) in [5.74, 6) is 0.829. The van der Waals surface area contributed by atoms with E-state index in [9.17, 15) is 0 Å². The molecule has 1 N–H and O–H groups in total. The van der Waals surface area contributed by atoms with E-state index in [-0.39, 0.29) is 5.60 Å². The third kappa shape index (κ3) is 3.49. The quantitative estimate of drug-likeness (QED) is 0.858. The number of methoxy groups -OCH3 is 1. The van der Waals surface area contributed by atoms with Crippen LogP contribution < -0.4 is 5.32 Å². The van der Waals surface area contributed by atoms with Gasteiger partial charge in [-0.05, 0) is 68.7 Å². The Morgan fingerprint density at radius 2 is 1.90 bits per heavy atom. The molecule has 0 radical (unpaired) electrons. The van der Waals surface area contributed by atoms with E-state index < -0.39 is 0 Å². The summed E-state index contributed by atoms with van der Waals surface area (Å²) in [7, 11) is 1.89. The monoisotopic (exact) mass is 289 g/mol. The predicted molar refractivity (Wildman–Crippen MR) is 89.7 cm³/mol. The van der Waals surface area contributed by atoms with Crippen molar-refractivity contribution in [1.82, 2.24) is 5.32 Å². The molecule has 1 aromatic rings. The van der Waals surface area contributed by atoms with Gasteiger partial charge in [-0.15, -0.1) is 0 Å². The first-order valence-electron chi connectivity index (χ1n) is 8.38. The molecule has 2 heteroatoms. The Bertz CT molecular complexity index is 461. The summed E-state index contributed by atoms with van der Waals surface area (Å²) in [6, 6.07) is 7.14. The number of nitrogens with one attached hydrogen (secondary N) is 1. The highest BCUT2D eigenvalue weighted by molar-refractivity contribution is 5.33. The highest BCUT2D eigenvalue weighted by atomic mass is 16.5. The van der Waals surface area contributed by atoms with E-state index in [2.05, 4.69) is 51.2 Å². The molecule has 1 unspecified atom stereocenters. The van der Waals surface area contributed by atoms with Crippen LogP contribution in [0.1, 0.15) is 62.3 Å². The summed E-state index contributed by atoms with van der Waals surface area (Å²) in [4.78, 5) is 0. The van der Waals surface area contributed by atoms with Crippen LogP contribution in [0.5, 0.6) is 0 Å². The lowest BCUT2D eigenvalue weighted by Crippen LogP contribution is -2.47. The SMILES string of the molecule is CCNC(c1ccc(C)c(C)c1)C1(OC)CCC(C)CC1. The first kappa shape index (κ1) is 16.5. The van der Waals surface area contributed by atoms with Gasteiger partial charge in [0.2, 0.25) is 0 Å². The van der Waals surface area contributed by atoms with E-state index in [1.54, 1.807) is 0 Å². The fourth-order valence-electron chi connectivity index (χ4n) is 3.62. The first-order chi connectivity index (χ1) is 10.0. The molecule has 1 aliphatic rings. The number of hydrogen-bond acceptors (Lipinski definition) is 2. The second-order valence-electron chi connectivity index (χ2n) is 6.79. The molecule has 1 fully saturated rings. The second-order valence-corrected chi connectivity index (χ2v) is 6.79. The van der Waals surface area contributed by atoms with E-state index >= 15 is 0 Å². The maximum absolute atomic E-state index is 6.10. The Hall–Kier alpha value is -0.860. The maximum atomic E-state index is 6.10. The van der Waals surface area contributed by atoms with Crippen molar-refractivity contribution >= 4 is 0 Å². The van der Waals surface area contributed by atoms with Crippen molar-refractivity contribution in [3.05, 3.63) is 34.9 Å². The zero-order valence-corrected chi connectivity index (χ0v) is 14.3. The molecular weight excluding hydrogens is 258 g/mol. The van der Waals surface area contributed by atoms with Crippen molar-refractivity contribution in [3.8, 4) is 0 Å². The molecule has 118 valence electrons. The van der Waals surface area contributed by atoms with Crippen LogP contribution in [0.25, 0.3) is 0 Å². The lowest BCUT2D eigenvalue weighted by Gasteiger charge is -2.44. The van der Waals surface area contributed by atoms with Crippen LogP contribution in [-0.2, 0) is 4.74 Å². The van der Waals surface area contributed by atoms with Crippen molar-refractivity contribution < 1.29 is 4.74 Å². The summed E-state index contributed by atoms with van der Waals surface area (Å²) < 4.78 is 6.10. The van der Waals surface area contributed by atoms with Crippen LogP contribution in [0, 0.1) is 19.8 Å². The number of hydrogen-bond donors (Lipinski definition) is 1. The minimum absolute atomic E-state index is 0.0514. The average molecular weight is 289 g/mol. The standard InChI is InChI=1S/C19H31NO/c1-6-20-18(17-8-7-15(3)16(4)13-17)19(21-5)11-9-14(2)10-12-19/h7-8,13-14,18,20H,6,9-12H2,1-5H3. The minimum atomic E-state index is -0.0514. The fraction of sp³-hybridized carbons (Fsp3) is 0.684. The van der Waals surface area contributed by atoms with Crippen LogP contribution in [0.2, 0.25) is 0 Å². The lowest BCUT2D eigenvalue weighted by atomic mass is 9.73. The predicted octanol–water partition coefficient (Wildman–Crippen LogP) is 4.55. The largest absolute Gasteiger partial charge is 0.376 e. The maximum Gasteiger partial charge on any atom is 0.0872 e. The van der Waals surface area contributed by atoms with E-state index in [1.807, 2.05) is 7.11 Å². The van der Waals surface area contributed by atoms with Gasteiger partial charge >= 0.3 is 0 Å².